The Morgan fingerprint density at radius 1 is 0.933 bits per heavy atom. The first kappa shape index (κ1) is 19.7. The molecule has 2 heterocycles. The highest BCUT2D eigenvalue weighted by Crippen LogP contribution is 2.38. The third-order valence-corrected chi connectivity index (χ3v) is 5.71. The summed E-state index contributed by atoms with van der Waals surface area (Å²) in [5.41, 5.74) is 1.47. The van der Waals surface area contributed by atoms with Crippen LogP contribution in [0.15, 0.2) is 82.3 Å². The van der Waals surface area contributed by atoms with Crippen molar-refractivity contribution in [2.24, 2.45) is 0 Å². The summed E-state index contributed by atoms with van der Waals surface area (Å²) in [5.74, 6) is 0.266. The van der Waals surface area contributed by atoms with Gasteiger partial charge in [0.05, 0.1) is 34.0 Å². The fourth-order valence-electron chi connectivity index (χ4n) is 3.14. The number of hydrogen-bond acceptors (Lipinski definition) is 6. The van der Waals surface area contributed by atoms with Crippen molar-refractivity contribution in [3.63, 3.8) is 0 Å². The zero-order chi connectivity index (χ0) is 21.1. The zero-order valence-electron chi connectivity index (χ0n) is 15.7. The fraction of sp³-hybridized carbons (Fsp3) is 0.0909. The van der Waals surface area contributed by atoms with E-state index in [1.807, 2.05) is 30.3 Å². The van der Waals surface area contributed by atoms with Crippen LogP contribution in [-0.2, 0) is 21.9 Å². The Balaban J connectivity index is 1.68. The van der Waals surface area contributed by atoms with Crippen LogP contribution in [-0.4, -0.2) is 21.6 Å². The van der Waals surface area contributed by atoms with E-state index >= 15 is 0 Å². The van der Waals surface area contributed by atoms with Crippen molar-refractivity contribution >= 4 is 34.8 Å². The van der Waals surface area contributed by atoms with Gasteiger partial charge in [0.2, 0.25) is 0 Å². The molecule has 0 unspecified atom stereocenters. The number of rotatable bonds is 7. The first-order valence-electron chi connectivity index (χ1n) is 9.09. The van der Waals surface area contributed by atoms with E-state index in [4.69, 9.17) is 4.42 Å². The molecule has 30 heavy (non-hydrogen) atoms. The van der Waals surface area contributed by atoms with Crippen molar-refractivity contribution < 1.29 is 18.9 Å². The summed E-state index contributed by atoms with van der Waals surface area (Å²) in [5, 5.41) is 11.0. The highest BCUT2D eigenvalue weighted by atomic mass is 32.2. The molecule has 2 amide bonds. The summed E-state index contributed by atoms with van der Waals surface area (Å²) in [4.78, 5) is 38.3. The summed E-state index contributed by atoms with van der Waals surface area (Å²) in [6, 6.07) is 18.4. The smallest absolute Gasteiger partial charge is 0.269 e. The summed E-state index contributed by atoms with van der Waals surface area (Å²) < 4.78 is 5.33. The number of nitro groups is 1. The molecule has 2 aromatic carbocycles. The number of nitrogens with zero attached hydrogens (tertiary/aromatic N) is 2. The Labute approximate surface area is 176 Å². The second-order valence-electron chi connectivity index (χ2n) is 6.56. The van der Waals surface area contributed by atoms with Crippen molar-refractivity contribution in [3.05, 3.63) is 105 Å². The molecule has 0 atom stereocenters. The van der Waals surface area contributed by atoms with E-state index < -0.39 is 10.8 Å². The molecular weight excluding hydrogens is 404 g/mol. The van der Waals surface area contributed by atoms with Crippen LogP contribution < -0.4 is 0 Å². The maximum Gasteiger partial charge on any atom is 0.269 e. The highest BCUT2D eigenvalue weighted by molar-refractivity contribution is 8.03. The number of thioether (sulfide) groups is 1. The topological polar surface area (TPSA) is 93.7 Å². The zero-order valence-corrected chi connectivity index (χ0v) is 16.5. The largest absolute Gasteiger partial charge is 0.468 e. The van der Waals surface area contributed by atoms with Crippen LogP contribution in [0.4, 0.5) is 5.69 Å². The molecule has 3 aromatic rings. The van der Waals surface area contributed by atoms with Gasteiger partial charge in [-0.2, -0.15) is 0 Å². The van der Waals surface area contributed by atoms with Crippen molar-refractivity contribution in [3.8, 4) is 0 Å². The van der Waals surface area contributed by atoms with E-state index in [2.05, 4.69) is 0 Å². The minimum Gasteiger partial charge on any atom is -0.468 e. The Kier molecular flexibility index (Phi) is 5.49. The van der Waals surface area contributed by atoms with Crippen molar-refractivity contribution in [2.75, 3.05) is 0 Å². The number of non-ortho nitro benzene ring substituents is 1. The van der Waals surface area contributed by atoms with Crippen LogP contribution >= 0.6 is 11.8 Å². The molecule has 1 aliphatic rings. The third kappa shape index (κ3) is 3.90. The minimum atomic E-state index is -0.506. The summed E-state index contributed by atoms with van der Waals surface area (Å²) >= 11 is 1.22. The number of benzene rings is 2. The molecule has 0 fully saturated rings. The minimum absolute atomic E-state index is 0.0814. The van der Waals surface area contributed by atoms with Crippen LogP contribution in [0, 0.1) is 10.1 Å². The van der Waals surface area contributed by atoms with Gasteiger partial charge in [-0.3, -0.25) is 24.6 Å². The Morgan fingerprint density at radius 2 is 1.67 bits per heavy atom. The Hall–Kier alpha value is -3.65. The average molecular weight is 420 g/mol. The number of imide groups is 1. The molecular formula is C22H16N2O5S. The monoisotopic (exact) mass is 420 g/mol. The van der Waals surface area contributed by atoms with Crippen LogP contribution in [0.3, 0.4) is 0 Å². The number of carbonyl (C=O) groups excluding carboxylic acids is 2. The van der Waals surface area contributed by atoms with Gasteiger partial charge in [0.1, 0.15) is 5.76 Å². The van der Waals surface area contributed by atoms with Crippen LogP contribution in [0.25, 0.3) is 5.57 Å². The Bertz CT molecular complexity index is 1120. The summed E-state index contributed by atoms with van der Waals surface area (Å²) in [6.45, 7) is 0.153. The lowest BCUT2D eigenvalue weighted by Gasteiger charge is -2.15. The average Bonchev–Trinajstić information content (AvgIpc) is 3.35. The quantitative estimate of drug-likeness (QED) is 0.319. The van der Waals surface area contributed by atoms with E-state index in [0.717, 1.165) is 5.56 Å². The molecule has 1 aliphatic heterocycles. The number of amides is 2. The predicted molar refractivity (Wildman–Crippen MR) is 112 cm³/mol. The number of carbonyl (C=O) groups is 2. The van der Waals surface area contributed by atoms with Gasteiger partial charge in [0.25, 0.3) is 17.5 Å². The lowest BCUT2D eigenvalue weighted by atomic mass is 10.1. The van der Waals surface area contributed by atoms with Gasteiger partial charge in [-0.15, -0.1) is 11.8 Å². The normalized spacial score (nSPS) is 13.9. The standard InChI is InChI=1S/C22H16N2O5S/c25-21-19(16-8-10-17(11-9-16)24(27)28)20(30-14-18-7-4-12-29-18)22(26)23(21)13-15-5-2-1-3-6-15/h1-12H,13-14H2. The number of furan rings is 1. The third-order valence-electron chi connectivity index (χ3n) is 4.61. The van der Waals surface area contributed by atoms with Crippen LogP contribution in [0.1, 0.15) is 16.9 Å². The van der Waals surface area contributed by atoms with Gasteiger partial charge in [-0.1, -0.05) is 30.3 Å². The SMILES string of the molecule is O=C1C(SCc2ccco2)=C(c2ccc([N+](=O)[O-])cc2)C(=O)N1Cc1ccccc1. The molecule has 0 radical (unpaired) electrons. The van der Waals surface area contributed by atoms with E-state index in [1.54, 1.807) is 18.4 Å². The van der Waals surface area contributed by atoms with Gasteiger partial charge < -0.3 is 4.42 Å². The van der Waals surface area contributed by atoms with Crippen LogP contribution in [0.2, 0.25) is 0 Å². The predicted octanol–water partition coefficient (Wildman–Crippen LogP) is 4.40. The second kappa shape index (κ2) is 8.38. The lowest BCUT2D eigenvalue weighted by molar-refractivity contribution is -0.384. The van der Waals surface area contributed by atoms with Crippen molar-refractivity contribution in [1.29, 1.82) is 0 Å². The molecule has 0 bridgehead atoms. The van der Waals surface area contributed by atoms with E-state index in [9.17, 15) is 19.7 Å². The first-order valence-corrected chi connectivity index (χ1v) is 10.1. The van der Waals surface area contributed by atoms with Gasteiger partial charge in [0.15, 0.2) is 0 Å². The molecule has 7 nitrogen and oxygen atoms in total. The molecule has 1 aromatic heterocycles. The van der Waals surface area contributed by atoms with Gasteiger partial charge in [-0.05, 0) is 35.4 Å². The van der Waals surface area contributed by atoms with E-state index in [1.165, 1.54) is 40.9 Å². The van der Waals surface area contributed by atoms with Gasteiger partial charge in [0, 0.05) is 12.1 Å². The van der Waals surface area contributed by atoms with E-state index in [-0.39, 0.29) is 23.7 Å². The molecule has 0 N–H and O–H groups in total. The molecule has 4 rings (SSSR count). The molecule has 0 saturated carbocycles. The molecule has 8 heteroatoms. The lowest BCUT2D eigenvalue weighted by Crippen LogP contribution is -2.30. The molecule has 0 saturated heterocycles. The van der Waals surface area contributed by atoms with Gasteiger partial charge in [-0.25, -0.2) is 0 Å². The maximum absolute atomic E-state index is 13.2. The first-order chi connectivity index (χ1) is 14.5. The molecule has 0 spiro atoms. The second-order valence-corrected chi connectivity index (χ2v) is 7.54. The maximum atomic E-state index is 13.2. The number of nitro benzene ring substituents is 1. The highest BCUT2D eigenvalue weighted by Gasteiger charge is 2.39. The fourth-order valence-corrected chi connectivity index (χ4v) is 4.17. The van der Waals surface area contributed by atoms with E-state index in [0.29, 0.717) is 22.0 Å². The summed E-state index contributed by atoms with van der Waals surface area (Å²) in [6.07, 6.45) is 1.55. The summed E-state index contributed by atoms with van der Waals surface area (Å²) in [7, 11) is 0. The molecule has 0 aliphatic carbocycles. The Morgan fingerprint density at radius 3 is 2.30 bits per heavy atom. The number of hydrogen-bond donors (Lipinski definition) is 0. The van der Waals surface area contributed by atoms with Crippen molar-refractivity contribution in [2.45, 2.75) is 12.3 Å². The van der Waals surface area contributed by atoms with Crippen LogP contribution in [0.5, 0.6) is 0 Å². The van der Waals surface area contributed by atoms with Crippen molar-refractivity contribution in [1.82, 2.24) is 4.90 Å². The molecule has 150 valence electrons. The van der Waals surface area contributed by atoms with Gasteiger partial charge >= 0.3 is 0 Å².